The number of rotatable bonds is 7. The lowest BCUT2D eigenvalue weighted by Crippen LogP contribution is -2.10. The smallest absolute Gasteiger partial charge is 0.272 e. The molecule has 37 heavy (non-hydrogen) atoms. The summed E-state index contributed by atoms with van der Waals surface area (Å²) in [5.41, 5.74) is 3.72. The van der Waals surface area contributed by atoms with Crippen LogP contribution < -0.4 is 10.3 Å². The fourth-order valence-corrected chi connectivity index (χ4v) is 4.35. The molecule has 0 radical (unpaired) electrons. The number of hydrogen-bond donors (Lipinski definition) is 1. The molecule has 7 nitrogen and oxygen atoms in total. The van der Waals surface area contributed by atoms with E-state index in [1.807, 2.05) is 32.9 Å². The van der Waals surface area contributed by atoms with Gasteiger partial charge in [-0.2, -0.15) is 15.5 Å². The Morgan fingerprint density at radius 2 is 1.95 bits per heavy atom. The van der Waals surface area contributed by atoms with Gasteiger partial charge in [-0.05, 0) is 54.7 Å². The Hall–Kier alpha value is -4.06. The van der Waals surface area contributed by atoms with E-state index in [1.165, 1.54) is 0 Å². The molecule has 0 saturated heterocycles. The second-order valence-corrected chi connectivity index (χ2v) is 8.68. The molecule has 0 aliphatic heterocycles. The maximum absolute atomic E-state index is 13.3. The first-order valence-corrected chi connectivity index (χ1v) is 12.5. The third-order valence-corrected chi connectivity index (χ3v) is 6.19. The van der Waals surface area contributed by atoms with Crippen LogP contribution in [0.25, 0.3) is 33.2 Å². The van der Waals surface area contributed by atoms with E-state index in [-0.39, 0.29) is 17.2 Å². The normalized spacial score (nSPS) is 12.8. The Balaban J connectivity index is 0.00000156. The summed E-state index contributed by atoms with van der Waals surface area (Å²) in [5.74, 6) is 0.317. The number of H-pyrrole nitrogens is 1. The van der Waals surface area contributed by atoms with Crippen LogP contribution in [-0.2, 0) is 19.9 Å². The van der Waals surface area contributed by atoms with E-state index in [4.69, 9.17) is 4.74 Å². The van der Waals surface area contributed by atoms with Crippen molar-refractivity contribution >= 4 is 10.8 Å². The molecule has 1 fully saturated rings. The number of aryl methyl sites for hydroxylation is 2. The molecule has 2 aromatic carbocycles. The molecule has 0 spiro atoms. The number of aromatic amines is 1. The van der Waals surface area contributed by atoms with Gasteiger partial charge in [0, 0.05) is 30.0 Å². The van der Waals surface area contributed by atoms with Gasteiger partial charge in [0.2, 0.25) is 6.43 Å². The first kappa shape index (κ1) is 26.0. The van der Waals surface area contributed by atoms with E-state index in [9.17, 15) is 18.8 Å². The average molecular weight is 506 g/mol. The third kappa shape index (κ3) is 5.24. The Morgan fingerprint density at radius 3 is 2.59 bits per heavy atom. The van der Waals surface area contributed by atoms with Crippen molar-refractivity contribution in [2.75, 3.05) is 0 Å². The minimum absolute atomic E-state index is 0.00121. The molecule has 0 amide bonds. The van der Waals surface area contributed by atoms with Crippen LogP contribution in [0, 0.1) is 11.3 Å². The molecule has 2 aromatic heterocycles. The number of halogens is 2. The van der Waals surface area contributed by atoms with Crippen LogP contribution in [0.2, 0.25) is 0 Å². The summed E-state index contributed by atoms with van der Waals surface area (Å²) in [4.78, 5) is 12.3. The van der Waals surface area contributed by atoms with E-state index in [0.29, 0.717) is 39.9 Å². The van der Waals surface area contributed by atoms with Crippen LogP contribution >= 0.6 is 0 Å². The zero-order valence-corrected chi connectivity index (χ0v) is 21.3. The summed E-state index contributed by atoms with van der Waals surface area (Å²) >= 11 is 0. The molecule has 5 rings (SSSR count). The number of nitrogens with zero attached hydrogens (tertiary/aromatic N) is 4. The molecular weight excluding hydrogens is 476 g/mol. The Morgan fingerprint density at radius 1 is 1.19 bits per heavy atom. The number of nitrogens with one attached hydrogen (secondary N) is 1. The average Bonchev–Trinajstić information content (AvgIpc) is 3.63. The number of hydrogen-bond acceptors (Lipinski definition) is 5. The first-order valence-electron chi connectivity index (χ1n) is 12.5. The van der Waals surface area contributed by atoms with Gasteiger partial charge in [0.25, 0.3) is 5.56 Å². The van der Waals surface area contributed by atoms with Gasteiger partial charge in [0.1, 0.15) is 17.4 Å². The Bertz CT molecular complexity index is 1530. The summed E-state index contributed by atoms with van der Waals surface area (Å²) in [6, 6.07) is 10.8. The van der Waals surface area contributed by atoms with Gasteiger partial charge in [-0.25, -0.2) is 13.9 Å². The Kier molecular flexibility index (Phi) is 7.67. The van der Waals surface area contributed by atoms with E-state index in [2.05, 4.69) is 21.4 Å². The fourth-order valence-electron chi connectivity index (χ4n) is 4.35. The molecule has 192 valence electrons. The van der Waals surface area contributed by atoms with Crippen LogP contribution in [0.4, 0.5) is 8.78 Å². The zero-order valence-electron chi connectivity index (χ0n) is 21.3. The van der Waals surface area contributed by atoms with Crippen molar-refractivity contribution in [1.82, 2.24) is 20.0 Å². The number of nitriles is 1. The van der Waals surface area contributed by atoms with Gasteiger partial charge in [0.15, 0.2) is 0 Å². The predicted octanol–water partition coefficient (Wildman–Crippen LogP) is 5.80. The maximum Gasteiger partial charge on any atom is 0.272 e. The minimum Gasteiger partial charge on any atom is -0.489 e. The van der Waals surface area contributed by atoms with E-state index in [0.717, 1.165) is 29.5 Å². The van der Waals surface area contributed by atoms with Crippen LogP contribution in [0.3, 0.4) is 0 Å². The number of benzene rings is 2. The van der Waals surface area contributed by atoms with Gasteiger partial charge in [-0.15, -0.1) is 0 Å². The van der Waals surface area contributed by atoms with Gasteiger partial charge in [0.05, 0.1) is 29.1 Å². The molecule has 1 saturated carbocycles. The minimum atomic E-state index is -2.53. The first-order chi connectivity index (χ1) is 17.9. The summed E-state index contributed by atoms with van der Waals surface area (Å²) in [5, 5.41) is 22.4. The van der Waals surface area contributed by atoms with E-state index < -0.39 is 12.8 Å². The molecule has 0 bridgehead atoms. The highest BCUT2D eigenvalue weighted by Crippen LogP contribution is 2.40. The van der Waals surface area contributed by atoms with Crippen LogP contribution in [-0.4, -0.2) is 32.5 Å². The predicted molar refractivity (Wildman–Crippen MR) is 139 cm³/mol. The molecule has 0 atom stereocenters. The highest BCUT2D eigenvalue weighted by atomic mass is 19.3. The second-order valence-electron chi connectivity index (χ2n) is 8.68. The quantitative estimate of drug-likeness (QED) is 0.342. The van der Waals surface area contributed by atoms with Crippen molar-refractivity contribution in [3.05, 3.63) is 63.7 Å². The van der Waals surface area contributed by atoms with Crippen molar-refractivity contribution < 1.29 is 13.5 Å². The standard InChI is InChI=1S/C26H23F2N5O2.C2H6/c1-3-22-18-11-15(4-7-17(18)26(34)32-31-22)21-13-30-33(2)25(21)19-8-14(10-24(27)28)9-23(20(19)12-29)35-16-5-6-16;1-2/h4,7-9,11,13,16,24H,3,5-6,10H2,1-2H3,(H,32,34);1-2H3. The van der Waals surface area contributed by atoms with Crippen molar-refractivity contribution in [3.8, 4) is 34.2 Å². The molecule has 1 aliphatic rings. The van der Waals surface area contributed by atoms with E-state index >= 15 is 0 Å². The van der Waals surface area contributed by atoms with Gasteiger partial charge >= 0.3 is 0 Å². The van der Waals surface area contributed by atoms with Crippen molar-refractivity contribution in [3.63, 3.8) is 0 Å². The number of aromatic nitrogens is 4. The summed E-state index contributed by atoms with van der Waals surface area (Å²) in [6.07, 6.45) is 1.07. The molecule has 2 heterocycles. The maximum atomic E-state index is 13.3. The highest BCUT2D eigenvalue weighted by Gasteiger charge is 2.27. The highest BCUT2D eigenvalue weighted by molar-refractivity contribution is 5.92. The largest absolute Gasteiger partial charge is 0.489 e. The molecule has 9 heteroatoms. The Labute approximate surface area is 213 Å². The van der Waals surface area contributed by atoms with Gasteiger partial charge < -0.3 is 4.74 Å². The number of alkyl halides is 2. The fraction of sp³-hybridized carbons (Fsp3) is 0.357. The van der Waals surface area contributed by atoms with Gasteiger partial charge in [-0.1, -0.05) is 26.8 Å². The monoisotopic (exact) mass is 505 g/mol. The lowest BCUT2D eigenvalue weighted by atomic mass is 9.94. The second kappa shape index (κ2) is 10.9. The van der Waals surface area contributed by atoms with Crippen LogP contribution in [0.1, 0.15) is 50.4 Å². The van der Waals surface area contributed by atoms with Crippen molar-refractivity contribution in [1.29, 1.82) is 5.26 Å². The lowest BCUT2D eigenvalue weighted by Gasteiger charge is -2.16. The van der Waals surface area contributed by atoms with E-state index in [1.54, 1.807) is 36.1 Å². The molecule has 1 aliphatic carbocycles. The topological polar surface area (TPSA) is 96.6 Å². The summed E-state index contributed by atoms with van der Waals surface area (Å²) in [7, 11) is 1.74. The SMILES string of the molecule is CC.CCc1n[nH]c(=O)c2ccc(-c3cnn(C)c3-c3cc(CC(F)F)cc(OC4CC4)c3C#N)cc12. The van der Waals surface area contributed by atoms with Crippen LogP contribution in [0.15, 0.2) is 41.3 Å². The molecule has 0 unspecified atom stereocenters. The lowest BCUT2D eigenvalue weighted by molar-refractivity contribution is 0.149. The van der Waals surface area contributed by atoms with Gasteiger partial charge in [-0.3, -0.25) is 9.48 Å². The van der Waals surface area contributed by atoms with Crippen molar-refractivity contribution in [2.45, 2.75) is 59.0 Å². The third-order valence-electron chi connectivity index (χ3n) is 6.19. The van der Waals surface area contributed by atoms with Crippen LogP contribution in [0.5, 0.6) is 5.75 Å². The summed E-state index contributed by atoms with van der Waals surface area (Å²) < 4.78 is 34.2. The molecular formula is C28H29F2N5O2. The molecule has 4 aromatic rings. The molecule has 1 N–H and O–H groups in total. The number of fused-ring (bicyclic) bond motifs is 1. The zero-order chi connectivity index (χ0) is 26.7. The summed E-state index contributed by atoms with van der Waals surface area (Å²) in [6.45, 7) is 5.96. The van der Waals surface area contributed by atoms with Crippen molar-refractivity contribution in [2.24, 2.45) is 7.05 Å². The number of ether oxygens (including phenoxy) is 1.